The van der Waals surface area contributed by atoms with Gasteiger partial charge in [0.25, 0.3) is 5.56 Å². The molecular weight excluding hydrogens is 439 g/mol. The summed E-state index contributed by atoms with van der Waals surface area (Å²) < 4.78 is 21.2. The number of carbonyl (C=O) groups is 1. The summed E-state index contributed by atoms with van der Waals surface area (Å²) in [5.74, 6) is -0.960. The molecule has 1 atom stereocenters. The second-order valence-electron chi connectivity index (χ2n) is 6.88. The van der Waals surface area contributed by atoms with Gasteiger partial charge in [-0.1, -0.05) is 53.3 Å². The number of carbonyl (C=O) groups excluding carboxylic acids is 1. The SMILES string of the molecule is CCOC(=O)C1=C(C)N=c2s/c(=C/c3ccccc3F)c(=O)n2[C@@H]1c1ccc(Cl)cc1. The third-order valence-corrected chi connectivity index (χ3v) is 6.13. The molecule has 0 bridgehead atoms. The molecule has 2 heterocycles. The maximum absolute atomic E-state index is 14.1. The van der Waals surface area contributed by atoms with Gasteiger partial charge in [-0.15, -0.1) is 0 Å². The van der Waals surface area contributed by atoms with Crippen molar-refractivity contribution >= 4 is 35.0 Å². The first-order chi connectivity index (χ1) is 14.9. The van der Waals surface area contributed by atoms with Gasteiger partial charge in [0.2, 0.25) is 0 Å². The summed E-state index contributed by atoms with van der Waals surface area (Å²) in [6.45, 7) is 3.62. The Morgan fingerprint density at radius 2 is 1.97 bits per heavy atom. The number of hydrogen-bond donors (Lipinski definition) is 0. The molecule has 1 aromatic heterocycles. The Labute approximate surface area is 186 Å². The fourth-order valence-corrected chi connectivity index (χ4v) is 4.65. The van der Waals surface area contributed by atoms with E-state index in [1.165, 1.54) is 16.7 Å². The molecule has 0 spiro atoms. The van der Waals surface area contributed by atoms with E-state index in [0.717, 1.165) is 11.3 Å². The lowest BCUT2D eigenvalue weighted by atomic mass is 9.96. The molecule has 2 aromatic carbocycles. The second kappa shape index (κ2) is 8.61. The van der Waals surface area contributed by atoms with Gasteiger partial charge < -0.3 is 4.74 Å². The van der Waals surface area contributed by atoms with Gasteiger partial charge in [-0.3, -0.25) is 9.36 Å². The van der Waals surface area contributed by atoms with Crippen LogP contribution < -0.4 is 14.9 Å². The van der Waals surface area contributed by atoms with E-state index in [1.807, 2.05) is 0 Å². The molecule has 1 aliphatic heterocycles. The lowest BCUT2D eigenvalue weighted by molar-refractivity contribution is -0.139. The summed E-state index contributed by atoms with van der Waals surface area (Å²) >= 11 is 7.19. The molecule has 0 radical (unpaired) electrons. The van der Waals surface area contributed by atoms with E-state index in [1.54, 1.807) is 56.3 Å². The van der Waals surface area contributed by atoms with Crippen LogP contribution in [0.3, 0.4) is 0 Å². The van der Waals surface area contributed by atoms with Crippen LogP contribution in [0.5, 0.6) is 0 Å². The topological polar surface area (TPSA) is 60.7 Å². The normalized spacial score (nSPS) is 16.1. The van der Waals surface area contributed by atoms with Crippen LogP contribution in [0.4, 0.5) is 4.39 Å². The van der Waals surface area contributed by atoms with Crippen LogP contribution in [-0.4, -0.2) is 17.1 Å². The van der Waals surface area contributed by atoms with Crippen molar-refractivity contribution in [2.45, 2.75) is 19.9 Å². The predicted molar refractivity (Wildman–Crippen MR) is 118 cm³/mol. The van der Waals surface area contributed by atoms with Crippen LogP contribution >= 0.6 is 22.9 Å². The third-order valence-electron chi connectivity index (χ3n) is 4.89. The summed E-state index contributed by atoms with van der Waals surface area (Å²) in [6.07, 6.45) is 1.50. The summed E-state index contributed by atoms with van der Waals surface area (Å²) in [6, 6.07) is 12.4. The quantitative estimate of drug-likeness (QED) is 0.564. The van der Waals surface area contributed by atoms with Crippen LogP contribution in [0, 0.1) is 5.82 Å². The molecule has 0 unspecified atom stereocenters. The van der Waals surface area contributed by atoms with Gasteiger partial charge in [0.15, 0.2) is 4.80 Å². The molecule has 1 aliphatic rings. The van der Waals surface area contributed by atoms with Gasteiger partial charge in [-0.25, -0.2) is 14.2 Å². The molecule has 0 fully saturated rings. The second-order valence-corrected chi connectivity index (χ2v) is 8.32. The first-order valence-electron chi connectivity index (χ1n) is 9.60. The minimum atomic E-state index is -0.727. The first-order valence-corrected chi connectivity index (χ1v) is 10.8. The number of benzene rings is 2. The average molecular weight is 457 g/mol. The van der Waals surface area contributed by atoms with Crippen LogP contribution in [0.15, 0.2) is 69.6 Å². The molecule has 0 saturated heterocycles. The number of ether oxygens (including phenoxy) is 1. The maximum Gasteiger partial charge on any atom is 0.338 e. The van der Waals surface area contributed by atoms with E-state index in [2.05, 4.69) is 4.99 Å². The van der Waals surface area contributed by atoms with Gasteiger partial charge in [0.1, 0.15) is 5.82 Å². The zero-order valence-corrected chi connectivity index (χ0v) is 18.3. The van der Waals surface area contributed by atoms with E-state index in [0.29, 0.717) is 31.2 Å². The van der Waals surface area contributed by atoms with Crippen molar-refractivity contribution in [1.29, 1.82) is 0 Å². The lowest BCUT2D eigenvalue weighted by Gasteiger charge is -2.24. The Balaban J connectivity index is 1.97. The van der Waals surface area contributed by atoms with Crippen molar-refractivity contribution in [1.82, 2.24) is 4.57 Å². The Bertz CT molecular complexity index is 1370. The van der Waals surface area contributed by atoms with Crippen molar-refractivity contribution < 1.29 is 13.9 Å². The number of fused-ring (bicyclic) bond motifs is 1. The van der Waals surface area contributed by atoms with E-state index in [4.69, 9.17) is 16.3 Å². The van der Waals surface area contributed by atoms with Gasteiger partial charge in [-0.2, -0.15) is 0 Å². The van der Waals surface area contributed by atoms with E-state index >= 15 is 0 Å². The van der Waals surface area contributed by atoms with Gasteiger partial charge >= 0.3 is 5.97 Å². The van der Waals surface area contributed by atoms with E-state index < -0.39 is 17.8 Å². The van der Waals surface area contributed by atoms with Crippen molar-refractivity contribution in [2.24, 2.45) is 4.99 Å². The number of thiazole rings is 1. The maximum atomic E-state index is 14.1. The van der Waals surface area contributed by atoms with Crippen LogP contribution in [-0.2, 0) is 9.53 Å². The molecule has 3 aromatic rings. The fraction of sp³-hybridized carbons (Fsp3) is 0.174. The van der Waals surface area contributed by atoms with Gasteiger partial charge in [0.05, 0.1) is 28.5 Å². The van der Waals surface area contributed by atoms with Gasteiger partial charge in [0, 0.05) is 10.6 Å². The minimum absolute atomic E-state index is 0.195. The molecule has 31 heavy (non-hydrogen) atoms. The highest BCUT2D eigenvalue weighted by Crippen LogP contribution is 2.31. The number of aromatic nitrogens is 1. The molecule has 5 nitrogen and oxygen atoms in total. The smallest absolute Gasteiger partial charge is 0.338 e. The summed E-state index contributed by atoms with van der Waals surface area (Å²) in [4.78, 5) is 31.1. The van der Waals surface area contributed by atoms with Crippen LogP contribution in [0.25, 0.3) is 6.08 Å². The first kappa shape index (κ1) is 21.2. The Kier molecular flexibility index (Phi) is 5.89. The number of halogens is 2. The predicted octanol–water partition coefficient (Wildman–Crippen LogP) is 3.59. The van der Waals surface area contributed by atoms with Crippen molar-refractivity contribution in [3.05, 3.63) is 101 Å². The molecule has 0 saturated carbocycles. The minimum Gasteiger partial charge on any atom is -0.463 e. The molecule has 0 amide bonds. The average Bonchev–Trinajstić information content (AvgIpc) is 3.04. The molecule has 4 rings (SSSR count). The highest BCUT2D eigenvalue weighted by Gasteiger charge is 2.33. The monoisotopic (exact) mass is 456 g/mol. The van der Waals surface area contributed by atoms with Crippen LogP contribution in [0.2, 0.25) is 5.02 Å². The highest BCUT2D eigenvalue weighted by atomic mass is 35.5. The van der Waals surface area contributed by atoms with Crippen molar-refractivity contribution in [3.63, 3.8) is 0 Å². The molecule has 0 N–H and O–H groups in total. The molecule has 0 aliphatic carbocycles. The number of nitrogens with zero attached hydrogens (tertiary/aromatic N) is 2. The Morgan fingerprint density at radius 1 is 1.26 bits per heavy atom. The zero-order chi connectivity index (χ0) is 22.1. The Morgan fingerprint density at radius 3 is 2.65 bits per heavy atom. The number of rotatable bonds is 4. The van der Waals surface area contributed by atoms with Crippen molar-refractivity contribution in [2.75, 3.05) is 6.61 Å². The van der Waals surface area contributed by atoms with Crippen LogP contribution in [0.1, 0.15) is 31.0 Å². The molecular formula is C23H18ClFN2O3S. The summed E-state index contributed by atoms with van der Waals surface area (Å²) in [5.41, 5.74) is 1.39. The highest BCUT2D eigenvalue weighted by molar-refractivity contribution is 7.07. The number of hydrogen-bond acceptors (Lipinski definition) is 5. The van der Waals surface area contributed by atoms with E-state index in [-0.39, 0.29) is 17.7 Å². The molecule has 8 heteroatoms. The fourth-order valence-electron chi connectivity index (χ4n) is 3.49. The third kappa shape index (κ3) is 3.98. The number of allylic oxidation sites excluding steroid dienone is 1. The standard InChI is InChI=1S/C23H18ClFN2O3S/c1-3-30-22(29)19-13(2)26-23-27(20(19)14-8-10-16(24)11-9-14)21(28)18(31-23)12-15-6-4-5-7-17(15)25/h4-12,20H,3H2,1-2H3/b18-12+/t20-/m1/s1. The zero-order valence-electron chi connectivity index (χ0n) is 16.8. The van der Waals surface area contributed by atoms with Crippen molar-refractivity contribution in [3.8, 4) is 0 Å². The van der Waals surface area contributed by atoms with Gasteiger partial charge in [-0.05, 0) is 43.7 Å². The van der Waals surface area contributed by atoms with E-state index in [9.17, 15) is 14.0 Å². The largest absolute Gasteiger partial charge is 0.463 e. The Hall–Kier alpha value is -3.03. The lowest BCUT2D eigenvalue weighted by Crippen LogP contribution is -2.39. The summed E-state index contributed by atoms with van der Waals surface area (Å²) in [7, 11) is 0. The summed E-state index contributed by atoms with van der Waals surface area (Å²) in [5, 5.41) is 0.536. The number of esters is 1. The molecule has 158 valence electrons.